The normalized spacial score (nSPS) is 25.1. The summed E-state index contributed by atoms with van der Waals surface area (Å²) in [6, 6.07) is 2.68. The molecule has 0 aromatic carbocycles. The average molecular weight is 433 g/mol. The van der Waals surface area contributed by atoms with Crippen molar-refractivity contribution in [3.05, 3.63) is 6.07 Å². The Balaban J connectivity index is 1.50. The summed E-state index contributed by atoms with van der Waals surface area (Å²) in [7, 11) is 0. The first-order valence-electron chi connectivity index (χ1n) is 11.8. The highest BCUT2D eigenvalue weighted by molar-refractivity contribution is 7.80. The van der Waals surface area contributed by atoms with Gasteiger partial charge in [0.15, 0.2) is 5.11 Å². The Morgan fingerprint density at radius 3 is 2.53 bits per heavy atom. The van der Waals surface area contributed by atoms with Crippen LogP contribution in [-0.4, -0.2) is 60.0 Å². The summed E-state index contributed by atoms with van der Waals surface area (Å²) in [5, 5.41) is 7.09. The van der Waals surface area contributed by atoms with Crippen LogP contribution in [0.4, 0.5) is 17.6 Å². The standard InChI is InChI=1S/C22H36N6OS/c1-17-9-4-7-13-28(17)20-15-19(27-11-5-2-3-6-12-27)24-21(25-20)26-22(30)23-16-18-10-8-14-29-18/h15,17-18H,2-14,16H2,1H3,(H2,23,24,25,26,30)/t17-,18-/m0/s1. The van der Waals surface area contributed by atoms with Crippen LogP contribution in [0.5, 0.6) is 0 Å². The maximum absolute atomic E-state index is 5.68. The largest absolute Gasteiger partial charge is 0.376 e. The van der Waals surface area contributed by atoms with Crippen molar-refractivity contribution in [2.45, 2.75) is 76.9 Å². The Labute approximate surface area is 186 Å². The van der Waals surface area contributed by atoms with Gasteiger partial charge < -0.3 is 25.2 Å². The van der Waals surface area contributed by atoms with Crippen LogP contribution in [0.1, 0.15) is 64.7 Å². The van der Waals surface area contributed by atoms with E-state index in [0.29, 0.717) is 17.1 Å². The van der Waals surface area contributed by atoms with Gasteiger partial charge in [-0.2, -0.15) is 9.97 Å². The SMILES string of the molecule is C[C@H]1CCCCN1c1cc(N2CCCCCC2)nc(NC(=S)NC[C@@H]2CCCO2)n1. The molecule has 2 atom stereocenters. The van der Waals surface area contributed by atoms with Crippen molar-refractivity contribution in [1.82, 2.24) is 15.3 Å². The van der Waals surface area contributed by atoms with Gasteiger partial charge in [-0.1, -0.05) is 12.8 Å². The molecule has 7 nitrogen and oxygen atoms in total. The zero-order chi connectivity index (χ0) is 20.8. The van der Waals surface area contributed by atoms with Crippen molar-refractivity contribution in [2.24, 2.45) is 0 Å². The highest BCUT2D eigenvalue weighted by atomic mass is 32.1. The Hall–Kier alpha value is -1.67. The fourth-order valence-corrected chi connectivity index (χ4v) is 4.86. The molecule has 0 spiro atoms. The smallest absolute Gasteiger partial charge is 0.232 e. The maximum Gasteiger partial charge on any atom is 0.232 e. The molecule has 0 saturated carbocycles. The molecule has 4 rings (SSSR count). The van der Waals surface area contributed by atoms with E-state index < -0.39 is 0 Å². The lowest BCUT2D eigenvalue weighted by Crippen LogP contribution is -2.39. The van der Waals surface area contributed by atoms with Crippen molar-refractivity contribution in [3.63, 3.8) is 0 Å². The number of aromatic nitrogens is 2. The maximum atomic E-state index is 5.68. The van der Waals surface area contributed by atoms with Crippen LogP contribution in [0.2, 0.25) is 0 Å². The molecular formula is C22H36N6OS. The van der Waals surface area contributed by atoms with Crippen LogP contribution in [-0.2, 0) is 4.74 Å². The number of rotatable bonds is 5. The van der Waals surface area contributed by atoms with Gasteiger partial charge in [0.1, 0.15) is 11.6 Å². The molecule has 0 radical (unpaired) electrons. The predicted octanol–water partition coefficient (Wildman–Crippen LogP) is 3.70. The second-order valence-corrected chi connectivity index (χ2v) is 9.23. The monoisotopic (exact) mass is 432 g/mol. The topological polar surface area (TPSA) is 65.5 Å². The van der Waals surface area contributed by atoms with Crippen LogP contribution in [0.15, 0.2) is 6.07 Å². The van der Waals surface area contributed by atoms with Gasteiger partial charge in [-0.15, -0.1) is 0 Å². The lowest BCUT2D eigenvalue weighted by Gasteiger charge is -2.35. The molecule has 8 heteroatoms. The van der Waals surface area contributed by atoms with Gasteiger partial charge in [-0.3, -0.25) is 0 Å². The van der Waals surface area contributed by atoms with Crippen molar-refractivity contribution in [2.75, 3.05) is 47.9 Å². The minimum absolute atomic E-state index is 0.249. The second kappa shape index (κ2) is 10.6. The molecule has 1 aromatic rings. The highest BCUT2D eigenvalue weighted by Gasteiger charge is 2.23. The predicted molar refractivity (Wildman–Crippen MR) is 127 cm³/mol. The molecule has 3 fully saturated rings. The quantitative estimate of drug-likeness (QED) is 0.683. The van der Waals surface area contributed by atoms with Crippen LogP contribution in [0.25, 0.3) is 0 Å². The lowest BCUT2D eigenvalue weighted by atomic mass is 10.0. The molecular weight excluding hydrogens is 396 g/mol. The Bertz CT molecular complexity index is 703. The van der Waals surface area contributed by atoms with Crippen molar-refractivity contribution >= 4 is 34.9 Å². The van der Waals surface area contributed by atoms with E-state index in [-0.39, 0.29) is 6.10 Å². The third kappa shape index (κ3) is 5.72. The number of nitrogens with one attached hydrogen (secondary N) is 2. The van der Waals surface area contributed by atoms with Crippen molar-refractivity contribution < 1.29 is 4.74 Å². The summed E-state index contributed by atoms with van der Waals surface area (Å²) in [6.45, 7) is 7.06. The third-order valence-corrected chi connectivity index (χ3v) is 6.71. The summed E-state index contributed by atoms with van der Waals surface area (Å²) in [4.78, 5) is 14.6. The Kier molecular flexibility index (Phi) is 7.60. The molecule has 166 valence electrons. The zero-order valence-corrected chi connectivity index (χ0v) is 19.1. The van der Waals surface area contributed by atoms with Crippen molar-refractivity contribution in [3.8, 4) is 0 Å². The van der Waals surface area contributed by atoms with Crippen LogP contribution in [0, 0.1) is 0 Å². The van der Waals surface area contributed by atoms with Crippen LogP contribution < -0.4 is 20.4 Å². The van der Waals surface area contributed by atoms with E-state index in [0.717, 1.165) is 57.3 Å². The highest BCUT2D eigenvalue weighted by Crippen LogP contribution is 2.28. The van der Waals surface area contributed by atoms with E-state index in [2.05, 4.69) is 33.4 Å². The number of anilines is 3. The summed E-state index contributed by atoms with van der Waals surface area (Å²) in [5.41, 5.74) is 0. The molecule has 2 N–H and O–H groups in total. The number of thiocarbonyl (C=S) groups is 1. The molecule has 3 aliphatic heterocycles. The second-order valence-electron chi connectivity index (χ2n) is 8.82. The van der Waals surface area contributed by atoms with Gasteiger partial charge >= 0.3 is 0 Å². The fourth-order valence-electron chi connectivity index (χ4n) is 4.68. The van der Waals surface area contributed by atoms with Crippen LogP contribution >= 0.6 is 12.2 Å². The summed E-state index contributed by atoms with van der Waals surface area (Å²) in [5.74, 6) is 2.62. The minimum Gasteiger partial charge on any atom is -0.376 e. The molecule has 0 amide bonds. The van der Waals surface area contributed by atoms with Crippen molar-refractivity contribution in [1.29, 1.82) is 0 Å². The first-order valence-corrected chi connectivity index (χ1v) is 12.2. The van der Waals surface area contributed by atoms with E-state index in [4.69, 9.17) is 26.9 Å². The van der Waals surface area contributed by atoms with Gasteiger partial charge in [-0.25, -0.2) is 0 Å². The van der Waals surface area contributed by atoms with E-state index in [9.17, 15) is 0 Å². The fraction of sp³-hybridized carbons (Fsp3) is 0.773. The van der Waals surface area contributed by atoms with Gasteiger partial charge in [0.2, 0.25) is 5.95 Å². The summed E-state index contributed by atoms with van der Waals surface area (Å²) >= 11 is 5.53. The van der Waals surface area contributed by atoms with Gasteiger partial charge in [0, 0.05) is 44.9 Å². The van der Waals surface area contributed by atoms with E-state index >= 15 is 0 Å². The van der Waals surface area contributed by atoms with E-state index in [1.807, 2.05) is 0 Å². The molecule has 0 bridgehead atoms. The van der Waals surface area contributed by atoms with Gasteiger partial charge in [0.05, 0.1) is 6.10 Å². The summed E-state index contributed by atoms with van der Waals surface area (Å²) < 4.78 is 5.68. The number of ether oxygens (including phenoxy) is 1. The molecule has 4 heterocycles. The molecule has 30 heavy (non-hydrogen) atoms. The molecule has 3 saturated heterocycles. The molecule has 0 unspecified atom stereocenters. The number of hydrogen-bond acceptors (Lipinski definition) is 6. The lowest BCUT2D eigenvalue weighted by molar-refractivity contribution is 0.114. The third-order valence-electron chi connectivity index (χ3n) is 6.47. The molecule has 0 aliphatic carbocycles. The number of hydrogen-bond donors (Lipinski definition) is 2. The molecule has 3 aliphatic rings. The minimum atomic E-state index is 0.249. The first kappa shape index (κ1) is 21.6. The number of piperidine rings is 1. The Morgan fingerprint density at radius 1 is 1.03 bits per heavy atom. The van der Waals surface area contributed by atoms with E-state index in [1.165, 1.54) is 44.9 Å². The van der Waals surface area contributed by atoms with Gasteiger partial charge in [-0.05, 0) is 64.1 Å². The Morgan fingerprint density at radius 2 is 1.80 bits per heavy atom. The van der Waals surface area contributed by atoms with Crippen LogP contribution in [0.3, 0.4) is 0 Å². The van der Waals surface area contributed by atoms with E-state index in [1.54, 1.807) is 0 Å². The molecule has 1 aromatic heterocycles. The summed E-state index contributed by atoms with van der Waals surface area (Å²) in [6.07, 6.45) is 11.3. The first-order chi connectivity index (χ1) is 14.7. The zero-order valence-electron chi connectivity index (χ0n) is 18.2. The number of nitrogens with zero attached hydrogens (tertiary/aromatic N) is 4. The average Bonchev–Trinajstić information content (AvgIpc) is 3.12. The van der Waals surface area contributed by atoms with Gasteiger partial charge in [0.25, 0.3) is 0 Å².